The van der Waals surface area contributed by atoms with E-state index in [0.717, 1.165) is 4.70 Å². The molecule has 2 aromatic carbocycles. The number of carboxylic acids is 1. The van der Waals surface area contributed by atoms with E-state index >= 15 is 0 Å². The van der Waals surface area contributed by atoms with Gasteiger partial charge < -0.3 is 9.84 Å². The standard InChI is InChI=1S/C18H12F3NO3S/c19-18(20,21)25-14-7-3-1-5-11(14)9-12(10-16(23)24)17-22-13-6-2-4-8-15(13)26-17/h1-9H,10H2,(H,23,24)/b12-9-. The van der Waals surface area contributed by atoms with Gasteiger partial charge in [-0.15, -0.1) is 24.5 Å². The molecule has 0 amide bonds. The third-order valence-electron chi connectivity index (χ3n) is 3.38. The molecule has 0 unspecified atom stereocenters. The first-order valence-corrected chi connectivity index (χ1v) is 8.26. The van der Waals surface area contributed by atoms with Gasteiger partial charge in [-0.1, -0.05) is 30.3 Å². The van der Waals surface area contributed by atoms with Gasteiger partial charge in [-0.3, -0.25) is 4.79 Å². The number of alkyl halides is 3. The summed E-state index contributed by atoms with van der Waals surface area (Å²) in [5.74, 6) is -1.51. The predicted octanol–water partition coefficient (Wildman–Crippen LogP) is 5.21. The zero-order valence-electron chi connectivity index (χ0n) is 13.2. The van der Waals surface area contributed by atoms with E-state index < -0.39 is 18.1 Å². The van der Waals surface area contributed by atoms with E-state index in [1.54, 1.807) is 18.2 Å². The van der Waals surface area contributed by atoms with Gasteiger partial charge in [0.25, 0.3) is 0 Å². The maximum absolute atomic E-state index is 12.6. The number of carbonyl (C=O) groups is 1. The normalized spacial score (nSPS) is 12.3. The van der Waals surface area contributed by atoms with Crippen LogP contribution in [-0.4, -0.2) is 22.4 Å². The van der Waals surface area contributed by atoms with Crippen molar-refractivity contribution in [2.45, 2.75) is 12.8 Å². The van der Waals surface area contributed by atoms with Crippen molar-refractivity contribution in [1.29, 1.82) is 0 Å². The van der Waals surface area contributed by atoms with Gasteiger partial charge in [-0.25, -0.2) is 4.98 Å². The molecule has 26 heavy (non-hydrogen) atoms. The summed E-state index contributed by atoms with van der Waals surface area (Å²) in [6, 6.07) is 12.8. The summed E-state index contributed by atoms with van der Waals surface area (Å²) < 4.78 is 42.6. The van der Waals surface area contributed by atoms with E-state index in [1.807, 2.05) is 12.1 Å². The molecule has 0 aliphatic heterocycles. The zero-order chi connectivity index (χ0) is 18.7. The van der Waals surface area contributed by atoms with Crippen LogP contribution in [0.25, 0.3) is 21.9 Å². The first-order valence-electron chi connectivity index (χ1n) is 7.45. The molecule has 1 heterocycles. The van der Waals surface area contributed by atoms with Crippen LogP contribution in [0.5, 0.6) is 5.75 Å². The molecule has 1 N–H and O–H groups in total. The number of hydrogen-bond donors (Lipinski definition) is 1. The van der Waals surface area contributed by atoms with E-state index in [9.17, 15) is 23.1 Å². The molecular formula is C18H12F3NO3S. The Bertz CT molecular complexity index is 946. The third kappa shape index (κ3) is 4.40. The van der Waals surface area contributed by atoms with E-state index in [0.29, 0.717) is 16.1 Å². The number of thiazole rings is 1. The number of aliphatic carboxylic acids is 1. The fourth-order valence-corrected chi connectivity index (χ4v) is 3.35. The average molecular weight is 379 g/mol. The van der Waals surface area contributed by atoms with Gasteiger partial charge in [0.1, 0.15) is 10.8 Å². The quantitative estimate of drug-likeness (QED) is 0.661. The van der Waals surface area contributed by atoms with Crippen LogP contribution >= 0.6 is 11.3 Å². The Morgan fingerprint density at radius 2 is 1.85 bits per heavy atom. The second kappa shape index (κ2) is 7.17. The van der Waals surface area contributed by atoms with Gasteiger partial charge in [0.05, 0.1) is 16.6 Å². The first-order chi connectivity index (χ1) is 12.3. The van der Waals surface area contributed by atoms with E-state index in [1.165, 1.54) is 35.6 Å². The summed E-state index contributed by atoms with van der Waals surface area (Å²) in [6.45, 7) is 0. The van der Waals surface area contributed by atoms with Crippen molar-refractivity contribution in [2.24, 2.45) is 0 Å². The van der Waals surface area contributed by atoms with Crippen LogP contribution in [0.1, 0.15) is 17.0 Å². The van der Waals surface area contributed by atoms with Crippen LogP contribution in [0.2, 0.25) is 0 Å². The largest absolute Gasteiger partial charge is 0.573 e. The molecule has 0 spiro atoms. The molecule has 8 heteroatoms. The highest BCUT2D eigenvalue weighted by Crippen LogP contribution is 2.33. The SMILES string of the molecule is O=C(O)C/C(=C/c1ccccc1OC(F)(F)F)c1nc2ccccc2s1. The lowest BCUT2D eigenvalue weighted by Crippen LogP contribution is -2.17. The highest BCUT2D eigenvalue weighted by molar-refractivity contribution is 7.19. The molecule has 3 rings (SSSR count). The number of aromatic nitrogens is 1. The molecule has 1 aromatic heterocycles. The summed E-state index contributed by atoms with van der Waals surface area (Å²) in [4.78, 5) is 15.6. The predicted molar refractivity (Wildman–Crippen MR) is 92.9 cm³/mol. The minimum absolute atomic E-state index is 0.125. The Hall–Kier alpha value is -2.87. The smallest absolute Gasteiger partial charge is 0.481 e. The molecule has 0 aliphatic carbocycles. The molecule has 134 valence electrons. The Morgan fingerprint density at radius 1 is 1.15 bits per heavy atom. The van der Waals surface area contributed by atoms with E-state index in [4.69, 9.17) is 0 Å². The van der Waals surface area contributed by atoms with Gasteiger partial charge in [-0.2, -0.15) is 0 Å². The van der Waals surface area contributed by atoms with Crippen LogP contribution < -0.4 is 4.74 Å². The average Bonchev–Trinajstić information content (AvgIpc) is 2.98. The van der Waals surface area contributed by atoms with Crippen molar-refractivity contribution in [1.82, 2.24) is 4.98 Å². The lowest BCUT2D eigenvalue weighted by Gasteiger charge is -2.12. The summed E-state index contributed by atoms with van der Waals surface area (Å²) >= 11 is 1.28. The summed E-state index contributed by atoms with van der Waals surface area (Å²) in [6.07, 6.45) is -3.85. The highest BCUT2D eigenvalue weighted by atomic mass is 32.1. The Labute approximate surface area is 150 Å². The number of nitrogens with zero attached hydrogens (tertiary/aromatic N) is 1. The van der Waals surface area contributed by atoms with Crippen molar-refractivity contribution in [3.63, 3.8) is 0 Å². The van der Waals surface area contributed by atoms with Crippen LogP contribution in [0.3, 0.4) is 0 Å². The number of carboxylic acid groups (broad SMARTS) is 1. The summed E-state index contributed by atoms with van der Waals surface area (Å²) in [5, 5.41) is 9.62. The van der Waals surface area contributed by atoms with E-state index in [2.05, 4.69) is 9.72 Å². The maximum Gasteiger partial charge on any atom is 0.573 e. The first kappa shape index (κ1) is 17.9. The molecular weight excluding hydrogens is 367 g/mol. The molecule has 0 radical (unpaired) electrons. The number of fused-ring (bicyclic) bond motifs is 1. The number of benzene rings is 2. The van der Waals surface area contributed by atoms with Crippen LogP contribution in [0, 0.1) is 0 Å². The van der Waals surface area contributed by atoms with Crippen molar-refractivity contribution < 1.29 is 27.8 Å². The molecule has 0 aliphatic rings. The van der Waals surface area contributed by atoms with Gasteiger partial charge in [0.2, 0.25) is 0 Å². The van der Waals surface area contributed by atoms with Crippen molar-refractivity contribution in [2.75, 3.05) is 0 Å². The number of halogens is 3. The summed E-state index contributed by atoms with van der Waals surface area (Å²) in [5.41, 5.74) is 1.13. The minimum Gasteiger partial charge on any atom is -0.481 e. The maximum atomic E-state index is 12.6. The second-order valence-electron chi connectivity index (χ2n) is 5.31. The lowest BCUT2D eigenvalue weighted by molar-refractivity contribution is -0.274. The fourth-order valence-electron chi connectivity index (χ4n) is 2.37. The van der Waals surface area contributed by atoms with Gasteiger partial charge in [0, 0.05) is 5.56 Å². The lowest BCUT2D eigenvalue weighted by atomic mass is 10.1. The Kier molecular flexibility index (Phi) is 4.94. The highest BCUT2D eigenvalue weighted by Gasteiger charge is 2.31. The molecule has 4 nitrogen and oxygen atoms in total. The second-order valence-corrected chi connectivity index (χ2v) is 6.34. The van der Waals surface area contributed by atoms with Crippen LogP contribution in [-0.2, 0) is 4.79 Å². The Morgan fingerprint density at radius 3 is 2.54 bits per heavy atom. The van der Waals surface area contributed by atoms with Crippen LogP contribution in [0.4, 0.5) is 13.2 Å². The molecule has 0 saturated heterocycles. The van der Waals surface area contributed by atoms with E-state index in [-0.39, 0.29) is 12.0 Å². The van der Waals surface area contributed by atoms with Crippen molar-refractivity contribution in [3.8, 4) is 5.75 Å². The monoisotopic (exact) mass is 379 g/mol. The third-order valence-corrected chi connectivity index (χ3v) is 4.50. The van der Waals surface area contributed by atoms with Crippen molar-refractivity contribution in [3.05, 3.63) is 59.1 Å². The molecule has 0 fully saturated rings. The molecule has 0 bridgehead atoms. The molecule has 3 aromatic rings. The van der Waals surface area contributed by atoms with Crippen LogP contribution in [0.15, 0.2) is 48.5 Å². The topological polar surface area (TPSA) is 59.4 Å². The zero-order valence-corrected chi connectivity index (χ0v) is 14.0. The molecule has 0 atom stereocenters. The summed E-state index contributed by atoms with van der Waals surface area (Å²) in [7, 11) is 0. The fraction of sp³-hybridized carbons (Fsp3) is 0.111. The number of ether oxygens (including phenoxy) is 1. The van der Waals surface area contributed by atoms with Gasteiger partial charge in [0.15, 0.2) is 0 Å². The molecule has 0 saturated carbocycles. The Balaban J connectivity index is 2.07. The van der Waals surface area contributed by atoms with Crippen molar-refractivity contribution >= 4 is 39.2 Å². The number of para-hydroxylation sites is 2. The number of hydrogen-bond acceptors (Lipinski definition) is 4. The van der Waals surface area contributed by atoms with Gasteiger partial charge in [-0.05, 0) is 29.8 Å². The van der Waals surface area contributed by atoms with Gasteiger partial charge >= 0.3 is 12.3 Å². The minimum atomic E-state index is -4.84. The number of rotatable bonds is 5.